The first-order chi connectivity index (χ1) is 7.66. The van der Waals surface area contributed by atoms with E-state index < -0.39 is 0 Å². The van der Waals surface area contributed by atoms with E-state index in [4.69, 9.17) is 0 Å². The molecule has 1 heterocycles. The molecule has 1 aromatic rings. The van der Waals surface area contributed by atoms with E-state index >= 15 is 0 Å². The second kappa shape index (κ2) is 6.63. The molecule has 1 rings (SSSR count). The largest absolute Gasteiger partial charge is 0.342 e. The highest BCUT2D eigenvalue weighted by molar-refractivity contribution is 9.10. The molecule has 0 aliphatic rings. The smallest absolute Gasteiger partial charge is 0.256 e. The van der Waals surface area contributed by atoms with Gasteiger partial charge in [0.2, 0.25) is 0 Å². The molecular weight excluding hydrogens is 268 g/mol. The highest BCUT2D eigenvalue weighted by atomic mass is 79.9. The van der Waals surface area contributed by atoms with Crippen LogP contribution in [0.2, 0.25) is 0 Å². The Morgan fingerprint density at radius 1 is 1.50 bits per heavy atom. The second-order valence-electron chi connectivity index (χ2n) is 3.78. The molecule has 1 amide bonds. The summed E-state index contributed by atoms with van der Waals surface area (Å²) in [7, 11) is 1.83. The van der Waals surface area contributed by atoms with Crippen molar-refractivity contribution in [2.45, 2.75) is 26.2 Å². The quantitative estimate of drug-likeness (QED) is 0.615. The van der Waals surface area contributed by atoms with Gasteiger partial charge in [0.15, 0.2) is 0 Å². The van der Waals surface area contributed by atoms with E-state index in [1.165, 1.54) is 6.42 Å². The molecule has 0 aliphatic heterocycles. The normalized spacial score (nSPS) is 10.2. The summed E-state index contributed by atoms with van der Waals surface area (Å²) in [5, 5.41) is 0. The predicted octanol–water partition coefficient (Wildman–Crippen LogP) is 3.11. The second-order valence-corrected chi connectivity index (χ2v) is 4.53. The van der Waals surface area contributed by atoms with Crippen LogP contribution in [0.25, 0.3) is 0 Å². The molecule has 0 aliphatic carbocycles. The van der Waals surface area contributed by atoms with Gasteiger partial charge in [0.05, 0.1) is 5.56 Å². The predicted molar refractivity (Wildman–Crippen MR) is 68.4 cm³/mol. The summed E-state index contributed by atoms with van der Waals surface area (Å²) < 4.78 is 0.613. The molecule has 0 N–H and O–H groups in total. The summed E-state index contributed by atoms with van der Waals surface area (Å²) >= 11 is 3.29. The number of hydrogen-bond donors (Lipinski definition) is 0. The number of aromatic nitrogens is 1. The third kappa shape index (κ3) is 3.59. The van der Waals surface area contributed by atoms with Crippen LogP contribution in [-0.2, 0) is 0 Å². The minimum Gasteiger partial charge on any atom is -0.342 e. The molecule has 88 valence electrons. The van der Waals surface area contributed by atoms with Crippen LogP contribution in [0.3, 0.4) is 0 Å². The van der Waals surface area contributed by atoms with E-state index in [9.17, 15) is 4.79 Å². The van der Waals surface area contributed by atoms with Gasteiger partial charge >= 0.3 is 0 Å². The van der Waals surface area contributed by atoms with Crippen molar-refractivity contribution >= 4 is 21.8 Å². The van der Waals surface area contributed by atoms with E-state index in [0.717, 1.165) is 19.4 Å². The molecule has 3 nitrogen and oxygen atoms in total. The maximum Gasteiger partial charge on any atom is 0.256 e. The number of unbranched alkanes of at least 4 members (excludes halogenated alkanes) is 2. The van der Waals surface area contributed by atoms with Crippen LogP contribution in [0.4, 0.5) is 0 Å². The first-order valence-corrected chi connectivity index (χ1v) is 6.32. The zero-order chi connectivity index (χ0) is 12.0. The van der Waals surface area contributed by atoms with Crippen molar-refractivity contribution in [1.29, 1.82) is 0 Å². The number of nitrogens with zero attached hydrogens (tertiary/aromatic N) is 2. The van der Waals surface area contributed by atoms with Crippen molar-refractivity contribution in [3.05, 3.63) is 28.5 Å². The van der Waals surface area contributed by atoms with Gasteiger partial charge in [-0.25, -0.2) is 4.98 Å². The minimum atomic E-state index is 0.0241. The van der Waals surface area contributed by atoms with Gasteiger partial charge in [-0.05, 0) is 34.5 Å². The molecule has 4 heteroatoms. The van der Waals surface area contributed by atoms with Gasteiger partial charge in [0.25, 0.3) is 5.91 Å². The zero-order valence-electron chi connectivity index (χ0n) is 9.74. The third-order valence-electron chi connectivity index (χ3n) is 2.43. The maximum absolute atomic E-state index is 12.0. The Kier molecular flexibility index (Phi) is 5.46. The summed E-state index contributed by atoms with van der Waals surface area (Å²) in [4.78, 5) is 17.8. The van der Waals surface area contributed by atoms with Crippen molar-refractivity contribution in [2.75, 3.05) is 13.6 Å². The molecule has 0 spiro atoms. The van der Waals surface area contributed by atoms with Crippen LogP contribution in [0.1, 0.15) is 36.5 Å². The number of hydrogen-bond acceptors (Lipinski definition) is 2. The molecular formula is C12H17BrN2O. The fourth-order valence-corrected chi connectivity index (χ4v) is 1.87. The number of pyridine rings is 1. The Bertz CT molecular complexity index is 355. The fraction of sp³-hybridized carbons (Fsp3) is 0.500. The molecule has 0 radical (unpaired) electrons. The van der Waals surface area contributed by atoms with Gasteiger partial charge in [-0.3, -0.25) is 4.79 Å². The van der Waals surface area contributed by atoms with Crippen LogP contribution in [0, 0.1) is 0 Å². The van der Waals surface area contributed by atoms with Crippen LogP contribution < -0.4 is 0 Å². The molecule has 0 atom stereocenters. The standard InChI is InChI=1S/C12H17BrN2O/c1-3-4-5-9-15(2)12(16)10-7-6-8-14-11(10)13/h6-8H,3-5,9H2,1-2H3. The minimum absolute atomic E-state index is 0.0241. The number of carbonyl (C=O) groups is 1. The average molecular weight is 285 g/mol. The Morgan fingerprint density at radius 3 is 2.88 bits per heavy atom. The SMILES string of the molecule is CCCCCN(C)C(=O)c1cccnc1Br. The number of halogens is 1. The Balaban J connectivity index is 2.60. The molecule has 0 saturated heterocycles. The van der Waals surface area contributed by atoms with Crippen LogP contribution in [0.15, 0.2) is 22.9 Å². The van der Waals surface area contributed by atoms with Crippen molar-refractivity contribution in [1.82, 2.24) is 9.88 Å². The Hall–Kier alpha value is -0.900. The number of carbonyl (C=O) groups excluding carboxylic acids is 1. The summed E-state index contributed by atoms with van der Waals surface area (Å²) in [5.74, 6) is 0.0241. The lowest BCUT2D eigenvalue weighted by molar-refractivity contribution is 0.0791. The van der Waals surface area contributed by atoms with E-state index in [2.05, 4.69) is 27.8 Å². The highest BCUT2D eigenvalue weighted by Gasteiger charge is 2.14. The van der Waals surface area contributed by atoms with Gasteiger partial charge < -0.3 is 4.90 Å². The van der Waals surface area contributed by atoms with E-state index in [-0.39, 0.29) is 5.91 Å². The summed E-state index contributed by atoms with van der Waals surface area (Å²) in [6.07, 6.45) is 5.04. The monoisotopic (exact) mass is 284 g/mol. The summed E-state index contributed by atoms with van der Waals surface area (Å²) in [5.41, 5.74) is 0.626. The van der Waals surface area contributed by atoms with Crippen LogP contribution in [-0.4, -0.2) is 29.4 Å². The van der Waals surface area contributed by atoms with Gasteiger partial charge in [-0.15, -0.1) is 0 Å². The van der Waals surface area contributed by atoms with Crippen molar-refractivity contribution in [3.63, 3.8) is 0 Å². The molecule has 0 bridgehead atoms. The van der Waals surface area contributed by atoms with E-state index in [0.29, 0.717) is 10.2 Å². The Labute approximate surface area is 105 Å². The molecule has 0 unspecified atom stereocenters. The first kappa shape index (κ1) is 13.2. The zero-order valence-corrected chi connectivity index (χ0v) is 11.3. The third-order valence-corrected chi connectivity index (χ3v) is 3.07. The molecule has 0 fully saturated rings. The van der Waals surface area contributed by atoms with Gasteiger partial charge in [-0.1, -0.05) is 19.8 Å². The van der Waals surface area contributed by atoms with Crippen LogP contribution >= 0.6 is 15.9 Å². The van der Waals surface area contributed by atoms with Gasteiger partial charge in [0.1, 0.15) is 4.60 Å². The number of amides is 1. The van der Waals surface area contributed by atoms with Gasteiger partial charge in [-0.2, -0.15) is 0 Å². The van der Waals surface area contributed by atoms with Crippen molar-refractivity contribution < 1.29 is 4.79 Å². The maximum atomic E-state index is 12.0. The highest BCUT2D eigenvalue weighted by Crippen LogP contribution is 2.14. The lowest BCUT2D eigenvalue weighted by atomic mass is 10.2. The summed E-state index contributed by atoms with van der Waals surface area (Å²) in [6.45, 7) is 2.95. The lowest BCUT2D eigenvalue weighted by Crippen LogP contribution is -2.28. The van der Waals surface area contributed by atoms with Crippen LogP contribution in [0.5, 0.6) is 0 Å². The fourth-order valence-electron chi connectivity index (χ4n) is 1.45. The van der Waals surface area contributed by atoms with Gasteiger partial charge in [0, 0.05) is 19.8 Å². The summed E-state index contributed by atoms with van der Waals surface area (Å²) in [6, 6.07) is 3.56. The lowest BCUT2D eigenvalue weighted by Gasteiger charge is -2.17. The van der Waals surface area contributed by atoms with Crippen molar-refractivity contribution in [3.8, 4) is 0 Å². The Morgan fingerprint density at radius 2 is 2.25 bits per heavy atom. The first-order valence-electron chi connectivity index (χ1n) is 5.52. The van der Waals surface area contributed by atoms with Crippen molar-refractivity contribution in [2.24, 2.45) is 0 Å². The average Bonchev–Trinajstić information content (AvgIpc) is 2.29. The van der Waals surface area contributed by atoms with E-state index in [1.54, 1.807) is 23.2 Å². The molecule has 1 aromatic heterocycles. The number of rotatable bonds is 5. The molecule has 0 aromatic carbocycles. The molecule has 0 saturated carbocycles. The van der Waals surface area contributed by atoms with E-state index in [1.807, 2.05) is 7.05 Å². The molecule has 16 heavy (non-hydrogen) atoms. The topological polar surface area (TPSA) is 33.2 Å².